The number of benzene rings is 1. The Morgan fingerprint density at radius 3 is 2.75 bits per heavy atom. The van der Waals surface area contributed by atoms with Gasteiger partial charge in [0, 0.05) is 0 Å². The molecule has 0 aliphatic rings. The molecule has 0 saturated heterocycles. The molecule has 0 radical (unpaired) electrons. The number of methoxy groups -OCH3 is 1. The third-order valence-corrected chi connectivity index (χ3v) is 2.69. The van der Waals surface area contributed by atoms with Gasteiger partial charge in [0.15, 0.2) is 0 Å². The van der Waals surface area contributed by atoms with Crippen molar-refractivity contribution in [1.82, 2.24) is 0 Å². The molecule has 2 nitrogen and oxygen atoms in total. The zero-order chi connectivity index (χ0) is 11.8. The van der Waals surface area contributed by atoms with Gasteiger partial charge in [-0.25, -0.2) is 0 Å². The summed E-state index contributed by atoms with van der Waals surface area (Å²) in [5.41, 5.74) is 0.950. The Hall–Kier alpha value is -1.09. The molecule has 0 aliphatic heterocycles. The van der Waals surface area contributed by atoms with Crippen LogP contribution in [0.3, 0.4) is 0 Å². The van der Waals surface area contributed by atoms with Crippen LogP contribution in [0.1, 0.15) is 32.6 Å². The zero-order valence-electron chi connectivity index (χ0n) is 9.95. The fourth-order valence-electron chi connectivity index (χ4n) is 1.50. The Labute approximate surface area is 103 Å². The number of nitrogens with one attached hydrogen (secondary N) is 1. The quantitative estimate of drug-likeness (QED) is 0.596. The van der Waals surface area contributed by atoms with E-state index < -0.39 is 0 Å². The normalized spacial score (nSPS) is 9.88. The smallest absolute Gasteiger partial charge is 0.142 e. The lowest BCUT2D eigenvalue weighted by molar-refractivity contribution is 0.417. The van der Waals surface area contributed by atoms with Crippen molar-refractivity contribution >= 4 is 22.9 Å². The van der Waals surface area contributed by atoms with E-state index >= 15 is 0 Å². The third kappa shape index (κ3) is 4.19. The molecule has 1 N–H and O–H groups in total. The highest BCUT2D eigenvalue weighted by atomic mass is 32.1. The Morgan fingerprint density at radius 2 is 2.06 bits per heavy atom. The molecular formula is C13H19NOS. The monoisotopic (exact) mass is 237 g/mol. The van der Waals surface area contributed by atoms with Crippen LogP contribution in [-0.4, -0.2) is 12.1 Å². The first-order valence-electron chi connectivity index (χ1n) is 5.70. The highest BCUT2D eigenvalue weighted by Crippen LogP contribution is 2.23. The molecule has 0 amide bonds. The zero-order valence-corrected chi connectivity index (χ0v) is 10.8. The predicted molar refractivity (Wildman–Crippen MR) is 73.4 cm³/mol. The number of para-hydroxylation sites is 2. The number of hydrogen-bond donors (Lipinski definition) is 1. The van der Waals surface area contributed by atoms with Crippen molar-refractivity contribution < 1.29 is 4.74 Å². The van der Waals surface area contributed by atoms with Gasteiger partial charge >= 0.3 is 0 Å². The second-order valence-corrected chi connectivity index (χ2v) is 4.20. The second kappa shape index (κ2) is 7.23. The number of unbranched alkanes of at least 4 members (excludes halogenated alkanes) is 2. The number of anilines is 1. The maximum Gasteiger partial charge on any atom is 0.142 e. The van der Waals surface area contributed by atoms with Gasteiger partial charge in [0.1, 0.15) is 5.75 Å². The number of thiocarbonyl (C=S) groups is 1. The van der Waals surface area contributed by atoms with Crippen molar-refractivity contribution in [2.45, 2.75) is 32.6 Å². The summed E-state index contributed by atoms with van der Waals surface area (Å²) in [4.78, 5) is 0.887. The van der Waals surface area contributed by atoms with Crippen molar-refractivity contribution in [3.63, 3.8) is 0 Å². The molecule has 0 aromatic heterocycles. The molecule has 1 aromatic rings. The SMILES string of the molecule is CCCCCC(=S)Nc1ccccc1OC. The molecule has 0 heterocycles. The average Bonchev–Trinajstić information content (AvgIpc) is 2.30. The van der Waals surface area contributed by atoms with Crippen molar-refractivity contribution in [3.05, 3.63) is 24.3 Å². The fourth-order valence-corrected chi connectivity index (χ4v) is 1.75. The van der Waals surface area contributed by atoms with Gasteiger partial charge in [-0.1, -0.05) is 44.1 Å². The molecule has 0 fully saturated rings. The van der Waals surface area contributed by atoms with E-state index in [1.165, 1.54) is 12.8 Å². The first-order chi connectivity index (χ1) is 7.77. The molecule has 0 spiro atoms. The minimum absolute atomic E-state index is 0.834. The van der Waals surface area contributed by atoms with Gasteiger partial charge < -0.3 is 10.1 Å². The molecule has 0 unspecified atom stereocenters. The summed E-state index contributed by atoms with van der Waals surface area (Å²) in [6.45, 7) is 2.19. The summed E-state index contributed by atoms with van der Waals surface area (Å²) >= 11 is 5.29. The van der Waals surface area contributed by atoms with Gasteiger partial charge in [-0.05, 0) is 25.0 Å². The lowest BCUT2D eigenvalue weighted by Gasteiger charge is -2.11. The van der Waals surface area contributed by atoms with Crippen LogP contribution < -0.4 is 10.1 Å². The van der Waals surface area contributed by atoms with Gasteiger partial charge in [-0.2, -0.15) is 0 Å². The topological polar surface area (TPSA) is 21.3 Å². The van der Waals surface area contributed by atoms with E-state index in [0.29, 0.717) is 0 Å². The molecule has 1 aromatic carbocycles. The summed E-state index contributed by atoms with van der Waals surface area (Å²) in [6, 6.07) is 7.82. The van der Waals surface area contributed by atoms with Crippen LogP contribution >= 0.6 is 12.2 Å². The molecule has 16 heavy (non-hydrogen) atoms. The van der Waals surface area contributed by atoms with Crippen molar-refractivity contribution in [3.8, 4) is 5.75 Å². The predicted octanol–water partition coefficient (Wildman–Crippen LogP) is 4.01. The van der Waals surface area contributed by atoms with Crippen LogP contribution in [0.4, 0.5) is 5.69 Å². The molecule has 0 aliphatic carbocycles. The van der Waals surface area contributed by atoms with Crippen LogP contribution in [0.2, 0.25) is 0 Å². The molecule has 3 heteroatoms. The van der Waals surface area contributed by atoms with E-state index in [-0.39, 0.29) is 0 Å². The van der Waals surface area contributed by atoms with E-state index in [0.717, 1.165) is 29.3 Å². The molecule has 0 saturated carbocycles. The minimum Gasteiger partial charge on any atom is -0.495 e. The van der Waals surface area contributed by atoms with E-state index in [1.807, 2.05) is 24.3 Å². The van der Waals surface area contributed by atoms with Crippen molar-refractivity contribution in [2.75, 3.05) is 12.4 Å². The summed E-state index contributed by atoms with van der Waals surface area (Å²) < 4.78 is 5.25. The van der Waals surface area contributed by atoms with Gasteiger partial charge in [0.2, 0.25) is 0 Å². The lowest BCUT2D eigenvalue weighted by Crippen LogP contribution is -2.09. The third-order valence-electron chi connectivity index (χ3n) is 2.39. The lowest BCUT2D eigenvalue weighted by atomic mass is 10.2. The minimum atomic E-state index is 0.834. The van der Waals surface area contributed by atoms with Crippen LogP contribution in [0.15, 0.2) is 24.3 Å². The van der Waals surface area contributed by atoms with E-state index in [4.69, 9.17) is 17.0 Å². The van der Waals surface area contributed by atoms with E-state index in [9.17, 15) is 0 Å². The molecule has 88 valence electrons. The van der Waals surface area contributed by atoms with Gasteiger partial charge in [0.05, 0.1) is 17.8 Å². The Bertz CT molecular complexity index is 338. The van der Waals surface area contributed by atoms with Crippen LogP contribution in [0.25, 0.3) is 0 Å². The molecule has 0 atom stereocenters. The van der Waals surface area contributed by atoms with Crippen LogP contribution in [-0.2, 0) is 0 Å². The fraction of sp³-hybridized carbons (Fsp3) is 0.462. The number of hydrogen-bond acceptors (Lipinski definition) is 2. The summed E-state index contributed by atoms with van der Waals surface area (Å²) in [7, 11) is 1.67. The summed E-state index contributed by atoms with van der Waals surface area (Å²) in [5, 5.41) is 3.23. The number of ether oxygens (including phenoxy) is 1. The maximum atomic E-state index is 5.29. The summed E-state index contributed by atoms with van der Waals surface area (Å²) in [5.74, 6) is 0.834. The highest BCUT2D eigenvalue weighted by molar-refractivity contribution is 7.80. The number of rotatable bonds is 6. The Kier molecular flexibility index (Phi) is 5.86. The van der Waals surface area contributed by atoms with Crippen molar-refractivity contribution in [1.29, 1.82) is 0 Å². The standard InChI is InChI=1S/C13H19NOS/c1-3-4-5-10-13(16)14-11-8-6-7-9-12(11)15-2/h6-9H,3-5,10H2,1-2H3,(H,14,16). The molecule has 1 rings (SSSR count). The van der Waals surface area contributed by atoms with E-state index in [2.05, 4.69) is 12.2 Å². The average molecular weight is 237 g/mol. The van der Waals surface area contributed by atoms with E-state index in [1.54, 1.807) is 7.11 Å². The second-order valence-electron chi connectivity index (χ2n) is 3.71. The molecule has 0 bridgehead atoms. The first-order valence-corrected chi connectivity index (χ1v) is 6.11. The van der Waals surface area contributed by atoms with Gasteiger partial charge in [-0.3, -0.25) is 0 Å². The van der Waals surface area contributed by atoms with Crippen LogP contribution in [0, 0.1) is 0 Å². The molecular weight excluding hydrogens is 218 g/mol. The van der Waals surface area contributed by atoms with Gasteiger partial charge in [0.25, 0.3) is 0 Å². The van der Waals surface area contributed by atoms with Crippen molar-refractivity contribution in [2.24, 2.45) is 0 Å². The Morgan fingerprint density at radius 1 is 1.31 bits per heavy atom. The highest BCUT2D eigenvalue weighted by Gasteiger charge is 2.03. The first kappa shape index (κ1) is 13.0. The largest absolute Gasteiger partial charge is 0.495 e. The summed E-state index contributed by atoms with van der Waals surface area (Å²) in [6.07, 6.45) is 4.55. The van der Waals surface area contributed by atoms with Crippen LogP contribution in [0.5, 0.6) is 5.75 Å². The maximum absolute atomic E-state index is 5.29. The van der Waals surface area contributed by atoms with Gasteiger partial charge in [-0.15, -0.1) is 0 Å². The Balaban J connectivity index is 2.49.